The minimum Gasteiger partial charge on any atom is -0.372 e. The molecule has 1 aromatic rings. The van der Waals surface area contributed by atoms with Crippen LogP contribution in [0.25, 0.3) is 0 Å². The van der Waals surface area contributed by atoms with Gasteiger partial charge in [-0.15, -0.1) is 0 Å². The molecule has 6 heteroatoms. The molecule has 132 valence electrons. The van der Waals surface area contributed by atoms with Gasteiger partial charge in [0, 0.05) is 32.9 Å². The lowest BCUT2D eigenvalue weighted by molar-refractivity contribution is -0.130. The van der Waals surface area contributed by atoms with Crippen LogP contribution in [0.4, 0.5) is 10.5 Å². The molecule has 1 unspecified atom stereocenters. The van der Waals surface area contributed by atoms with Crippen molar-refractivity contribution in [3.63, 3.8) is 0 Å². The Bertz CT molecular complexity index is 582. The number of nitrogens with one attached hydrogen (secondary N) is 2. The van der Waals surface area contributed by atoms with E-state index in [4.69, 9.17) is 0 Å². The second-order valence-electron chi connectivity index (χ2n) is 6.58. The first-order valence-corrected chi connectivity index (χ1v) is 8.51. The molecule has 24 heavy (non-hydrogen) atoms. The number of benzene rings is 1. The van der Waals surface area contributed by atoms with Crippen molar-refractivity contribution in [2.24, 2.45) is 0 Å². The first kappa shape index (κ1) is 18.1. The van der Waals surface area contributed by atoms with Crippen LogP contribution >= 0.6 is 0 Å². The number of carbonyl (C=O) groups excluding carboxylic acids is 2. The van der Waals surface area contributed by atoms with Crippen LogP contribution < -0.4 is 15.5 Å². The fourth-order valence-corrected chi connectivity index (χ4v) is 2.93. The van der Waals surface area contributed by atoms with E-state index in [2.05, 4.69) is 27.7 Å². The summed E-state index contributed by atoms with van der Waals surface area (Å²) < 4.78 is 0. The summed E-state index contributed by atoms with van der Waals surface area (Å²) in [5.74, 6) is -0.131. The third-order valence-electron chi connectivity index (χ3n) is 4.35. The van der Waals surface area contributed by atoms with Crippen LogP contribution in [0.2, 0.25) is 0 Å². The van der Waals surface area contributed by atoms with Gasteiger partial charge in [0.15, 0.2) is 0 Å². The third-order valence-corrected chi connectivity index (χ3v) is 4.35. The molecular weight excluding hydrogens is 304 g/mol. The van der Waals surface area contributed by atoms with Crippen LogP contribution in [0.5, 0.6) is 0 Å². The van der Waals surface area contributed by atoms with E-state index in [9.17, 15) is 9.59 Å². The van der Waals surface area contributed by atoms with Crippen molar-refractivity contribution >= 4 is 17.6 Å². The van der Waals surface area contributed by atoms with Gasteiger partial charge in [0.2, 0.25) is 5.91 Å². The Morgan fingerprint density at radius 3 is 2.42 bits per heavy atom. The predicted molar refractivity (Wildman–Crippen MR) is 96.1 cm³/mol. The van der Waals surface area contributed by atoms with Crippen LogP contribution in [0.1, 0.15) is 38.3 Å². The number of urea groups is 1. The molecular formula is C18H28N4O2. The van der Waals surface area contributed by atoms with Gasteiger partial charge in [0.25, 0.3) is 0 Å². The molecule has 1 aliphatic rings. The number of hydrogen-bond acceptors (Lipinski definition) is 3. The average Bonchev–Trinajstić information content (AvgIpc) is 3.08. The number of rotatable bonds is 5. The van der Waals surface area contributed by atoms with Crippen LogP contribution in [0.3, 0.4) is 0 Å². The number of amides is 3. The van der Waals surface area contributed by atoms with E-state index in [1.54, 1.807) is 21.0 Å². The average molecular weight is 332 g/mol. The Balaban J connectivity index is 1.94. The van der Waals surface area contributed by atoms with Crippen molar-refractivity contribution in [1.82, 2.24) is 15.5 Å². The monoisotopic (exact) mass is 332 g/mol. The lowest BCUT2D eigenvalue weighted by Gasteiger charge is -2.22. The van der Waals surface area contributed by atoms with Crippen LogP contribution in [-0.4, -0.2) is 50.1 Å². The summed E-state index contributed by atoms with van der Waals surface area (Å²) >= 11 is 0. The van der Waals surface area contributed by atoms with Gasteiger partial charge in [-0.1, -0.05) is 12.1 Å². The highest BCUT2D eigenvalue weighted by Crippen LogP contribution is 2.23. The largest absolute Gasteiger partial charge is 0.372 e. The van der Waals surface area contributed by atoms with Gasteiger partial charge in [-0.3, -0.25) is 4.79 Å². The fourth-order valence-electron chi connectivity index (χ4n) is 2.93. The quantitative estimate of drug-likeness (QED) is 0.868. The molecule has 3 amide bonds. The molecule has 1 aromatic carbocycles. The zero-order valence-corrected chi connectivity index (χ0v) is 15.0. The van der Waals surface area contributed by atoms with Crippen molar-refractivity contribution in [3.05, 3.63) is 29.8 Å². The van der Waals surface area contributed by atoms with Crippen molar-refractivity contribution in [2.45, 2.75) is 38.8 Å². The van der Waals surface area contributed by atoms with Gasteiger partial charge in [-0.2, -0.15) is 0 Å². The second kappa shape index (κ2) is 8.04. The standard InChI is InChI=1S/C18H28N4O2/c1-13(19-18(24)20-14(2)17(23)21(3)4)15-8-7-9-16(12-15)22-10-5-6-11-22/h7-9,12-14H,5-6,10-11H2,1-4H3,(H2,19,20,24)/t13?,14-/m0/s1. The summed E-state index contributed by atoms with van der Waals surface area (Å²) in [4.78, 5) is 27.7. The molecule has 2 N–H and O–H groups in total. The molecule has 0 saturated carbocycles. The van der Waals surface area contributed by atoms with Gasteiger partial charge in [-0.05, 0) is 44.4 Å². The van der Waals surface area contributed by atoms with Crippen molar-refractivity contribution in [1.29, 1.82) is 0 Å². The molecule has 1 aliphatic heterocycles. The summed E-state index contributed by atoms with van der Waals surface area (Å²) in [5, 5.41) is 5.58. The van der Waals surface area contributed by atoms with E-state index >= 15 is 0 Å². The highest BCUT2D eigenvalue weighted by Gasteiger charge is 2.19. The van der Waals surface area contributed by atoms with Crippen LogP contribution in [-0.2, 0) is 4.79 Å². The van der Waals surface area contributed by atoms with E-state index in [1.165, 1.54) is 23.4 Å². The summed E-state index contributed by atoms with van der Waals surface area (Å²) in [5.41, 5.74) is 2.26. The number of carbonyl (C=O) groups is 2. The summed E-state index contributed by atoms with van der Waals surface area (Å²) in [6, 6.07) is 7.26. The Hall–Kier alpha value is -2.24. The smallest absolute Gasteiger partial charge is 0.315 e. The Morgan fingerprint density at radius 2 is 1.79 bits per heavy atom. The maximum atomic E-state index is 12.1. The first-order valence-electron chi connectivity index (χ1n) is 8.51. The van der Waals surface area contributed by atoms with Gasteiger partial charge < -0.3 is 20.4 Å². The SMILES string of the molecule is CC(NC(=O)N[C@@H](C)C(=O)N(C)C)c1cccc(N2CCCC2)c1. The molecule has 2 atom stereocenters. The minimum absolute atomic E-state index is 0.130. The maximum Gasteiger partial charge on any atom is 0.315 e. The second-order valence-corrected chi connectivity index (χ2v) is 6.58. The Labute approximate surface area is 144 Å². The lowest BCUT2D eigenvalue weighted by Crippen LogP contribution is -2.48. The number of hydrogen-bond donors (Lipinski definition) is 2. The van der Waals surface area contributed by atoms with Crippen LogP contribution in [0.15, 0.2) is 24.3 Å². The molecule has 1 heterocycles. The van der Waals surface area contributed by atoms with Gasteiger partial charge in [0.1, 0.15) is 6.04 Å². The number of likely N-dealkylation sites (N-methyl/N-ethyl adjacent to an activating group) is 1. The summed E-state index contributed by atoms with van der Waals surface area (Å²) in [6.07, 6.45) is 2.47. The van der Waals surface area contributed by atoms with E-state index in [0.717, 1.165) is 18.7 Å². The molecule has 0 aromatic heterocycles. The highest BCUT2D eigenvalue weighted by molar-refractivity contribution is 5.86. The molecule has 0 radical (unpaired) electrons. The third kappa shape index (κ3) is 4.63. The zero-order valence-electron chi connectivity index (χ0n) is 15.0. The van der Waals surface area contributed by atoms with E-state index in [-0.39, 0.29) is 18.0 Å². The van der Waals surface area contributed by atoms with Crippen LogP contribution in [0, 0.1) is 0 Å². The molecule has 0 aliphatic carbocycles. The number of anilines is 1. The van der Waals surface area contributed by atoms with Gasteiger partial charge in [-0.25, -0.2) is 4.79 Å². The molecule has 1 saturated heterocycles. The normalized spacial score (nSPS) is 16.4. The Morgan fingerprint density at radius 1 is 1.12 bits per heavy atom. The molecule has 0 bridgehead atoms. The van der Waals surface area contributed by atoms with E-state index in [1.807, 2.05) is 19.1 Å². The van der Waals surface area contributed by atoms with Crippen molar-refractivity contribution in [3.8, 4) is 0 Å². The summed E-state index contributed by atoms with van der Waals surface area (Å²) in [7, 11) is 3.34. The Kier molecular flexibility index (Phi) is 6.06. The fraction of sp³-hybridized carbons (Fsp3) is 0.556. The molecule has 0 spiro atoms. The first-order chi connectivity index (χ1) is 11.4. The lowest BCUT2D eigenvalue weighted by atomic mass is 10.1. The van der Waals surface area contributed by atoms with Crippen molar-refractivity contribution < 1.29 is 9.59 Å². The maximum absolute atomic E-state index is 12.1. The molecule has 1 fully saturated rings. The molecule has 6 nitrogen and oxygen atoms in total. The summed E-state index contributed by atoms with van der Waals surface area (Å²) in [6.45, 7) is 5.81. The van der Waals surface area contributed by atoms with Gasteiger partial charge >= 0.3 is 6.03 Å². The van der Waals surface area contributed by atoms with Crippen molar-refractivity contribution in [2.75, 3.05) is 32.1 Å². The zero-order chi connectivity index (χ0) is 17.7. The number of nitrogens with zero attached hydrogens (tertiary/aromatic N) is 2. The topological polar surface area (TPSA) is 64.7 Å². The van der Waals surface area contributed by atoms with E-state index < -0.39 is 6.04 Å². The molecule has 2 rings (SSSR count). The predicted octanol–water partition coefficient (Wildman–Crippen LogP) is 2.12. The van der Waals surface area contributed by atoms with E-state index in [0.29, 0.717) is 0 Å². The van der Waals surface area contributed by atoms with Gasteiger partial charge in [0.05, 0.1) is 6.04 Å². The highest BCUT2D eigenvalue weighted by atomic mass is 16.2. The minimum atomic E-state index is -0.553.